The summed E-state index contributed by atoms with van der Waals surface area (Å²) in [5.41, 5.74) is 6.61. The Morgan fingerprint density at radius 2 is 1.85 bits per heavy atom. The summed E-state index contributed by atoms with van der Waals surface area (Å²) < 4.78 is 0. The molecule has 0 bridgehead atoms. The lowest BCUT2D eigenvalue weighted by atomic mass is 10.1. The van der Waals surface area contributed by atoms with Crippen molar-refractivity contribution in [1.29, 1.82) is 0 Å². The molecule has 0 heterocycles. The average Bonchev–Trinajstić information content (AvgIpc) is 2.43. The Bertz CT molecular complexity index is 439. The summed E-state index contributed by atoms with van der Waals surface area (Å²) in [6, 6.07) is 7.72. The van der Waals surface area contributed by atoms with Crippen molar-refractivity contribution in [3.63, 3.8) is 0 Å². The van der Waals surface area contributed by atoms with Crippen LogP contribution in [0.3, 0.4) is 0 Å². The third kappa shape index (κ3) is 4.83. The minimum absolute atomic E-state index is 0. The lowest BCUT2D eigenvalue weighted by molar-refractivity contribution is -0.150. The van der Waals surface area contributed by atoms with Crippen LogP contribution < -0.4 is 5.73 Å². The molecule has 0 unspecified atom stereocenters. The molecule has 0 spiro atoms. The van der Waals surface area contributed by atoms with Crippen LogP contribution in [0.2, 0.25) is 0 Å². The van der Waals surface area contributed by atoms with Gasteiger partial charge < -0.3 is 15.7 Å². The van der Waals surface area contributed by atoms with Crippen LogP contribution in [0.1, 0.15) is 25.8 Å². The van der Waals surface area contributed by atoms with E-state index in [9.17, 15) is 9.59 Å². The second kappa shape index (κ2) is 8.55. The van der Waals surface area contributed by atoms with Gasteiger partial charge >= 0.3 is 5.97 Å². The van der Waals surface area contributed by atoms with Crippen molar-refractivity contribution in [2.45, 2.75) is 38.9 Å². The highest BCUT2D eigenvalue weighted by Crippen LogP contribution is 2.11. The van der Waals surface area contributed by atoms with Crippen molar-refractivity contribution in [3.05, 3.63) is 35.9 Å². The first-order valence-electron chi connectivity index (χ1n) is 6.30. The Morgan fingerprint density at radius 1 is 1.30 bits per heavy atom. The van der Waals surface area contributed by atoms with Gasteiger partial charge in [-0.05, 0) is 18.9 Å². The number of carboxylic acid groups (broad SMARTS) is 1. The number of nitrogens with two attached hydrogens (primary N) is 1. The van der Waals surface area contributed by atoms with Gasteiger partial charge in [0.25, 0.3) is 0 Å². The molecule has 3 N–H and O–H groups in total. The van der Waals surface area contributed by atoms with Gasteiger partial charge in [0.2, 0.25) is 5.91 Å². The van der Waals surface area contributed by atoms with Gasteiger partial charge in [-0.3, -0.25) is 4.79 Å². The highest BCUT2D eigenvalue weighted by Gasteiger charge is 2.28. The van der Waals surface area contributed by atoms with Crippen LogP contribution in [0, 0.1) is 0 Å². The van der Waals surface area contributed by atoms with Crippen molar-refractivity contribution >= 4 is 24.3 Å². The van der Waals surface area contributed by atoms with E-state index in [1.54, 1.807) is 6.92 Å². The van der Waals surface area contributed by atoms with Crippen LogP contribution in [-0.2, 0) is 16.1 Å². The summed E-state index contributed by atoms with van der Waals surface area (Å²) in [5.74, 6) is -1.37. The second-order valence-corrected chi connectivity index (χ2v) is 4.48. The molecular weight excluding hydrogens is 280 g/mol. The number of hydrogen-bond donors (Lipinski definition) is 2. The largest absolute Gasteiger partial charge is 0.480 e. The molecule has 0 aliphatic carbocycles. The fourth-order valence-electron chi connectivity index (χ4n) is 1.71. The maximum Gasteiger partial charge on any atom is 0.326 e. The summed E-state index contributed by atoms with van der Waals surface area (Å²) in [6.45, 7) is 3.54. The number of halogens is 1. The highest BCUT2D eigenvalue weighted by molar-refractivity contribution is 5.86. The van der Waals surface area contributed by atoms with E-state index in [0.29, 0.717) is 6.42 Å². The van der Waals surface area contributed by atoms with Crippen LogP contribution in [-0.4, -0.2) is 34.0 Å². The lowest BCUT2D eigenvalue weighted by Gasteiger charge is -2.28. The number of rotatable bonds is 6. The van der Waals surface area contributed by atoms with E-state index < -0.39 is 18.1 Å². The van der Waals surface area contributed by atoms with Crippen LogP contribution in [0.5, 0.6) is 0 Å². The van der Waals surface area contributed by atoms with E-state index in [0.717, 1.165) is 5.56 Å². The Labute approximate surface area is 125 Å². The van der Waals surface area contributed by atoms with E-state index in [4.69, 9.17) is 10.8 Å². The van der Waals surface area contributed by atoms with E-state index >= 15 is 0 Å². The molecule has 1 rings (SSSR count). The number of carbonyl (C=O) groups is 2. The predicted molar refractivity (Wildman–Crippen MR) is 79.6 cm³/mol. The van der Waals surface area contributed by atoms with E-state index in [-0.39, 0.29) is 24.9 Å². The first-order chi connectivity index (χ1) is 8.97. The van der Waals surface area contributed by atoms with Crippen molar-refractivity contribution < 1.29 is 14.7 Å². The van der Waals surface area contributed by atoms with Gasteiger partial charge in [-0.1, -0.05) is 37.3 Å². The molecule has 0 aliphatic heterocycles. The molecule has 2 atom stereocenters. The SMILES string of the molecule is CC[C@H](N)C(=O)N(Cc1ccccc1)[C@H](C)C(=O)O.Cl. The monoisotopic (exact) mass is 300 g/mol. The molecule has 0 saturated carbocycles. The zero-order valence-corrected chi connectivity index (χ0v) is 12.5. The molecule has 112 valence electrons. The normalized spacial score (nSPS) is 12.9. The van der Waals surface area contributed by atoms with Crippen molar-refractivity contribution in [2.24, 2.45) is 5.73 Å². The Hall–Kier alpha value is -1.59. The number of aliphatic carboxylic acids is 1. The molecule has 6 heteroatoms. The quantitative estimate of drug-likeness (QED) is 0.836. The van der Waals surface area contributed by atoms with Crippen molar-refractivity contribution in [2.75, 3.05) is 0 Å². The molecule has 0 radical (unpaired) electrons. The molecule has 0 aliphatic rings. The average molecular weight is 301 g/mol. The zero-order chi connectivity index (χ0) is 14.4. The number of carbonyl (C=O) groups excluding carboxylic acids is 1. The first kappa shape index (κ1) is 18.4. The molecule has 0 fully saturated rings. The van der Waals surface area contributed by atoms with Crippen molar-refractivity contribution in [3.8, 4) is 0 Å². The first-order valence-corrected chi connectivity index (χ1v) is 6.30. The third-order valence-electron chi connectivity index (χ3n) is 3.06. The van der Waals surface area contributed by atoms with Gasteiger partial charge in [-0.25, -0.2) is 4.79 Å². The third-order valence-corrected chi connectivity index (χ3v) is 3.06. The van der Waals surface area contributed by atoms with Crippen molar-refractivity contribution in [1.82, 2.24) is 4.90 Å². The zero-order valence-electron chi connectivity index (χ0n) is 11.7. The van der Waals surface area contributed by atoms with Crippen LogP contribution in [0.4, 0.5) is 0 Å². The minimum Gasteiger partial charge on any atom is -0.480 e. The molecule has 1 aromatic rings. The van der Waals surface area contributed by atoms with Gasteiger partial charge in [0, 0.05) is 6.54 Å². The summed E-state index contributed by atoms with van der Waals surface area (Å²) in [5, 5.41) is 9.10. The molecule has 1 aromatic carbocycles. The van der Waals surface area contributed by atoms with Crippen LogP contribution >= 0.6 is 12.4 Å². The molecule has 1 amide bonds. The van der Waals surface area contributed by atoms with Gasteiger partial charge in [0.1, 0.15) is 6.04 Å². The fourth-order valence-corrected chi connectivity index (χ4v) is 1.71. The fraction of sp³-hybridized carbons (Fsp3) is 0.429. The highest BCUT2D eigenvalue weighted by atomic mass is 35.5. The summed E-state index contributed by atoms with van der Waals surface area (Å²) in [6.07, 6.45) is 0.483. The number of nitrogens with zero attached hydrogens (tertiary/aromatic N) is 1. The molecular formula is C14H21ClN2O3. The number of amides is 1. The van der Waals surface area contributed by atoms with Crippen LogP contribution in [0.15, 0.2) is 30.3 Å². The number of benzene rings is 1. The Kier molecular flexibility index (Phi) is 7.87. The Morgan fingerprint density at radius 3 is 2.30 bits per heavy atom. The second-order valence-electron chi connectivity index (χ2n) is 4.48. The topological polar surface area (TPSA) is 83.6 Å². The van der Waals surface area contributed by atoms with Crippen LogP contribution in [0.25, 0.3) is 0 Å². The van der Waals surface area contributed by atoms with E-state index in [2.05, 4.69) is 0 Å². The standard InChI is InChI=1S/C14H20N2O3.ClH/c1-3-12(15)13(17)16(10(2)14(18)19)9-11-7-5-4-6-8-11;/h4-8,10,12H,3,9,15H2,1-2H3,(H,18,19);1H/t10-,12+;/m1./s1. The number of carboxylic acids is 1. The minimum atomic E-state index is -1.03. The molecule has 0 saturated heterocycles. The van der Waals surface area contributed by atoms with Gasteiger partial charge in [0.15, 0.2) is 0 Å². The molecule has 0 aromatic heterocycles. The molecule has 5 nitrogen and oxygen atoms in total. The molecule has 20 heavy (non-hydrogen) atoms. The van der Waals surface area contributed by atoms with E-state index in [1.165, 1.54) is 11.8 Å². The predicted octanol–water partition coefficient (Wildman–Crippen LogP) is 1.65. The smallest absolute Gasteiger partial charge is 0.326 e. The van der Waals surface area contributed by atoms with Gasteiger partial charge in [-0.15, -0.1) is 12.4 Å². The summed E-state index contributed by atoms with van der Waals surface area (Å²) >= 11 is 0. The summed E-state index contributed by atoms with van der Waals surface area (Å²) in [4.78, 5) is 24.6. The van der Waals surface area contributed by atoms with E-state index in [1.807, 2.05) is 30.3 Å². The van der Waals surface area contributed by atoms with Gasteiger partial charge in [0.05, 0.1) is 6.04 Å². The maximum atomic E-state index is 12.2. The maximum absolute atomic E-state index is 12.2. The Balaban J connectivity index is 0.00000361. The summed E-state index contributed by atoms with van der Waals surface area (Å²) in [7, 11) is 0. The lowest BCUT2D eigenvalue weighted by Crippen LogP contribution is -2.49. The van der Waals surface area contributed by atoms with Gasteiger partial charge in [-0.2, -0.15) is 0 Å². The number of hydrogen-bond acceptors (Lipinski definition) is 3.